The molecule has 0 saturated heterocycles. The highest BCUT2D eigenvalue weighted by atomic mass is 16.3. The highest BCUT2D eigenvalue weighted by molar-refractivity contribution is 5.76. The lowest BCUT2D eigenvalue weighted by molar-refractivity contribution is -0.131. The van der Waals surface area contributed by atoms with Crippen molar-refractivity contribution in [3.8, 4) is 5.75 Å². The number of carbonyl (C=O) groups excluding carboxylic acids is 1. The Morgan fingerprint density at radius 1 is 1.05 bits per heavy atom. The van der Waals surface area contributed by atoms with Gasteiger partial charge in [-0.05, 0) is 43.0 Å². The number of phenols is 1. The number of rotatable bonds is 6. The molecule has 0 bridgehead atoms. The molecule has 0 fully saturated rings. The zero-order valence-electron chi connectivity index (χ0n) is 13.2. The smallest absolute Gasteiger partial charge is 0.223 e. The van der Waals surface area contributed by atoms with Gasteiger partial charge in [0.15, 0.2) is 0 Å². The Morgan fingerprint density at radius 2 is 1.68 bits per heavy atom. The van der Waals surface area contributed by atoms with Crippen molar-refractivity contribution in [2.45, 2.75) is 33.2 Å². The van der Waals surface area contributed by atoms with E-state index >= 15 is 0 Å². The first-order valence-electron chi connectivity index (χ1n) is 7.71. The summed E-state index contributed by atoms with van der Waals surface area (Å²) >= 11 is 0. The van der Waals surface area contributed by atoms with Gasteiger partial charge in [0.05, 0.1) is 0 Å². The summed E-state index contributed by atoms with van der Waals surface area (Å²) in [4.78, 5) is 14.3. The van der Waals surface area contributed by atoms with Crippen molar-refractivity contribution in [1.29, 1.82) is 0 Å². The summed E-state index contributed by atoms with van der Waals surface area (Å²) in [6.07, 6.45) is 0.979. The number of benzene rings is 2. The Morgan fingerprint density at radius 3 is 2.32 bits per heavy atom. The third kappa shape index (κ3) is 4.10. The predicted octanol–water partition coefficient (Wildman–Crippen LogP) is 3.68. The van der Waals surface area contributed by atoms with Crippen molar-refractivity contribution < 1.29 is 9.90 Å². The number of carbonyl (C=O) groups is 1. The van der Waals surface area contributed by atoms with E-state index in [0.29, 0.717) is 25.9 Å². The average Bonchev–Trinajstić information content (AvgIpc) is 2.53. The van der Waals surface area contributed by atoms with Crippen molar-refractivity contribution in [1.82, 2.24) is 4.90 Å². The van der Waals surface area contributed by atoms with Crippen LogP contribution in [0.15, 0.2) is 48.5 Å². The Balaban J connectivity index is 1.98. The molecule has 0 unspecified atom stereocenters. The summed E-state index contributed by atoms with van der Waals surface area (Å²) in [7, 11) is 0. The number of nitrogens with zero attached hydrogens (tertiary/aromatic N) is 1. The summed E-state index contributed by atoms with van der Waals surface area (Å²) < 4.78 is 0. The molecular formula is C19H23NO2. The van der Waals surface area contributed by atoms with Gasteiger partial charge in [0.2, 0.25) is 5.91 Å². The van der Waals surface area contributed by atoms with Crippen LogP contribution in [0.5, 0.6) is 5.75 Å². The molecule has 116 valence electrons. The molecule has 2 aromatic carbocycles. The van der Waals surface area contributed by atoms with Gasteiger partial charge >= 0.3 is 0 Å². The first kappa shape index (κ1) is 16.1. The summed E-state index contributed by atoms with van der Waals surface area (Å²) in [5, 5.41) is 9.77. The third-order valence-corrected chi connectivity index (χ3v) is 3.96. The number of hydrogen-bond donors (Lipinski definition) is 1. The number of hydrogen-bond acceptors (Lipinski definition) is 2. The normalized spacial score (nSPS) is 10.5. The van der Waals surface area contributed by atoms with Gasteiger partial charge in [0.25, 0.3) is 0 Å². The highest BCUT2D eigenvalue weighted by Gasteiger charge is 2.13. The van der Waals surface area contributed by atoms with Crippen molar-refractivity contribution in [3.05, 3.63) is 65.2 Å². The second-order valence-electron chi connectivity index (χ2n) is 5.46. The minimum atomic E-state index is 0.119. The van der Waals surface area contributed by atoms with E-state index in [1.807, 2.05) is 36.1 Å². The van der Waals surface area contributed by atoms with E-state index in [0.717, 1.165) is 5.56 Å². The van der Waals surface area contributed by atoms with Gasteiger partial charge in [-0.1, -0.05) is 42.5 Å². The first-order valence-corrected chi connectivity index (χ1v) is 7.71. The molecule has 0 spiro atoms. The van der Waals surface area contributed by atoms with Gasteiger partial charge in [-0.2, -0.15) is 0 Å². The molecule has 0 radical (unpaired) electrons. The van der Waals surface area contributed by atoms with Crippen LogP contribution in [0.4, 0.5) is 0 Å². The fourth-order valence-corrected chi connectivity index (χ4v) is 2.49. The fraction of sp³-hybridized carbons (Fsp3) is 0.316. The molecule has 0 aliphatic rings. The molecule has 0 saturated carbocycles. The van der Waals surface area contributed by atoms with Crippen LogP contribution in [0.1, 0.15) is 30.0 Å². The van der Waals surface area contributed by atoms with Gasteiger partial charge in [-0.15, -0.1) is 0 Å². The molecule has 0 atom stereocenters. The van der Waals surface area contributed by atoms with E-state index in [2.05, 4.69) is 19.1 Å². The zero-order valence-corrected chi connectivity index (χ0v) is 13.2. The summed E-state index contributed by atoms with van der Waals surface area (Å²) in [6, 6.07) is 15.3. The van der Waals surface area contributed by atoms with Crippen LogP contribution in [0.2, 0.25) is 0 Å². The average molecular weight is 297 g/mol. The maximum absolute atomic E-state index is 12.4. The molecule has 0 heterocycles. The van der Waals surface area contributed by atoms with Crippen LogP contribution in [-0.4, -0.2) is 22.5 Å². The van der Waals surface area contributed by atoms with E-state index in [9.17, 15) is 9.90 Å². The van der Waals surface area contributed by atoms with Crippen molar-refractivity contribution in [3.63, 3.8) is 0 Å². The molecular weight excluding hydrogens is 274 g/mol. The third-order valence-electron chi connectivity index (χ3n) is 3.96. The quantitative estimate of drug-likeness (QED) is 0.883. The summed E-state index contributed by atoms with van der Waals surface area (Å²) in [6.45, 7) is 5.39. The number of aryl methyl sites for hydroxylation is 2. The molecule has 1 N–H and O–H groups in total. The zero-order chi connectivity index (χ0) is 15.9. The minimum absolute atomic E-state index is 0.119. The van der Waals surface area contributed by atoms with Crippen LogP contribution in [-0.2, 0) is 17.8 Å². The molecule has 0 aromatic heterocycles. The standard InChI is InChI=1S/C19H23NO2/c1-3-20(14-17-10-5-4-8-15(17)2)19(22)13-12-16-9-6-7-11-18(16)21/h4-11,21H,3,12-14H2,1-2H3. The molecule has 0 aliphatic heterocycles. The number of aromatic hydroxyl groups is 1. The Hall–Kier alpha value is -2.29. The summed E-state index contributed by atoms with van der Waals surface area (Å²) in [5.41, 5.74) is 3.21. The maximum Gasteiger partial charge on any atom is 0.223 e. The van der Waals surface area contributed by atoms with Crippen LogP contribution in [0.25, 0.3) is 0 Å². The molecule has 2 aromatic rings. The lowest BCUT2D eigenvalue weighted by atomic mass is 10.1. The molecule has 3 heteroatoms. The lowest BCUT2D eigenvalue weighted by Crippen LogP contribution is -2.30. The lowest BCUT2D eigenvalue weighted by Gasteiger charge is -2.22. The maximum atomic E-state index is 12.4. The second kappa shape index (κ2) is 7.64. The topological polar surface area (TPSA) is 40.5 Å². The molecule has 3 nitrogen and oxygen atoms in total. The van der Waals surface area contributed by atoms with E-state index in [4.69, 9.17) is 0 Å². The molecule has 2 rings (SSSR count). The molecule has 1 amide bonds. The molecule has 22 heavy (non-hydrogen) atoms. The van der Waals surface area contributed by atoms with E-state index in [-0.39, 0.29) is 11.7 Å². The van der Waals surface area contributed by atoms with Crippen LogP contribution >= 0.6 is 0 Å². The van der Waals surface area contributed by atoms with Crippen molar-refractivity contribution in [2.24, 2.45) is 0 Å². The predicted molar refractivity (Wildman–Crippen MR) is 88.7 cm³/mol. The van der Waals surface area contributed by atoms with E-state index < -0.39 is 0 Å². The van der Waals surface area contributed by atoms with E-state index in [1.165, 1.54) is 11.1 Å². The summed E-state index contributed by atoms with van der Waals surface area (Å²) in [5.74, 6) is 0.381. The van der Waals surface area contributed by atoms with Gasteiger partial charge in [0, 0.05) is 19.5 Å². The monoisotopic (exact) mass is 297 g/mol. The van der Waals surface area contributed by atoms with Crippen LogP contribution < -0.4 is 0 Å². The van der Waals surface area contributed by atoms with Gasteiger partial charge in [-0.3, -0.25) is 4.79 Å². The highest BCUT2D eigenvalue weighted by Crippen LogP contribution is 2.18. The number of phenolic OH excluding ortho intramolecular Hbond substituents is 1. The fourth-order valence-electron chi connectivity index (χ4n) is 2.49. The SMILES string of the molecule is CCN(Cc1ccccc1C)C(=O)CCc1ccccc1O. The van der Waals surface area contributed by atoms with Crippen LogP contribution in [0.3, 0.4) is 0 Å². The second-order valence-corrected chi connectivity index (χ2v) is 5.46. The van der Waals surface area contributed by atoms with Crippen molar-refractivity contribution in [2.75, 3.05) is 6.54 Å². The van der Waals surface area contributed by atoms with Gasteiger partial charge in [0.1, 0.15) is 5.75 Å². The number of para-hydroxylation sites is 1. The molecule has 0 aliphatic carbocycles. The Kier molecular flexibility index (Phi) is 5.59. The number of amides is 1. The first-order chi connectivity index (χ1) is 10.6. The largest absolute Gasteiger partial charge is 0.508 e. The van der Waals surface area contributed by atoms with Crippen LogP contribution in [0, 0.1) is 6.92 Å². The Bertz CT molecular complexity index is 637. The van der Waals surface area contributed by atoms with Gasteiger partial charge in [-0.25, -0.2) is 0 Å². The van der Waals surface area contributed by atoms with Crippen molar-refractivity contribution >= 4 is 5.91 Å². The van der Waals surface area contributed by atoms with Gasteiger partial charge < -0.3 is 10.0 Å². The minimum Gasteiger partial charge on any atom is -0.508 e. The Labute approximate surface area is 132 Å². The van der Waals surface area contributed by atoms with E-state index in [1.54, 1.807) is 12.1 Å².